The summed E-state index contributed by atoms with van der Waals surface area (Å²) in [6, 6.07) is 19.2. The van der Waals surface area contributed by atoms with Gasteiger partial charge in [-0.1, -0.05) is 48.5 Å². The highest BCUT2D eigenvalue weighted by Crippen LogP contribution is 2.35. The Hall–Kier alpha value is -3.24. The number of aliphatic hydroxyl groups excluding tert-OH is 1. The maximum absolute atomic E-state index is 12.9. The quantitative estimate of drug-likeness (QED) is 0.612. The van der Waals surface area contributed by atoms with Crippen LogP contribution in [0, 0.1) is 0 Å². The summed E-state index contributed by atoms with van der Waals surface area (Å²) in [5, 5.41) is 8.99. The predicted octanol–water partition coefficient (Wildman–Crippen LogP) is 3.79. The van der Waals surface area contributed by atoms with Gasteiger partial charge in [-0.15, -0.1) is 0 Å². The summed E-state index contributed by atoms with van der Waals surface area (Å²) < 4.78 is 5.91. The Morgan fingerprint density at radius 3 is 2.08 bits per heavy atom. The molecule has 0 aromatic heterocycles. The van der Waals surface area contributed by atoms with Gasteiger partial charge >= 0.3 is 0 Å². The molecule has 0 bridgehead atoms. The first kappa shape index (κ1) is 16.2. The number of hydrogen-bond acceptors (Lipinski definition) is 4. The van der Waals surface area contributed by atoms with Crippen LogP contribution < -0.4 is 4.74 Å². The summed E-state index contributed by atoms with van der Waals surface area (Å²) in [6.07, 6.45) is 0.574. The van der Waals surface area contributed by atoms with Crippen LogP contribution in [0.2, 0.25) is 0 Å². The minimum absolute atomic E-state index is 0.0857. The monoisotopic (exact) mass is 344 g/mol. The third kappa shape index (κ3) is 2.70. The zero-order valence-corrected chi connectivity index (χ0v) is 13.9. The van der Waals surface area contributed by atoms with E-state index in [0.29, 0.717) is 40.2 Å². The SMILES string of the molecule is O=C1c2ccccc2C(=O)c2c(Oc3ccc(CCO)cc3)cccc21. The number of ether oxygens (including phenoxy) is 1. The lowest BCUT2D eigenvalue weighted by molar-refractivity contribution is 0.0977. The molecule has 0 saturated heterocycles. The summed E-state index contributed by atoms with van der Waals surface area (Å²) in [7, 11) is 0. The summed E-state index contributed by atoms with van der Waals surface area (Å²) >= 11 is 0. The van der Waals surface area contributed by atoms with Crippen LogP contribution in [0.4, 0.5) is 0 Å². The van der Waals surface area contributed by atoms with Crippen molar-refractivity contribution < 1.29 is 19.4 Å². The average molecular weight is 344 g/mol. The maximum Gasteiger partial charge on any atom is 0.198 e. The molecule has 0 amide bonds. The molecule has 0 atom stereocenters. The molecule has 0 radical (unpaired) electrons. The molecule has 3 aromatic carbocycles. The normalized spacial score (nSPS) is 12.5. The van der Waals surface area contributed by atoms with Crippen molar-refractivity contribution in [3.05, 3.63) is 94.5 Å². The highest BCUT2D eigenvalue weighted by molar-refractivity contribution is 6.29. The molecule has 0 unspecified atom stereocenters. The second-order valence-corrected chi connectivity index (χ2v) is 6.10. The van der Waals surface area contributed by atoms with Crippen molar-refractivity contribution in [2.75, 3.05) is 6.61 Å². The molecular weight excluding hydrogens is 328 g/mol. The Morgan fingerprint density at radius 2 is 1.38 bits per heavy atom. The molecule has 4 rings (SSSR count). The Balaban J connectivity index is 1.74. The summed E-state index contributed by atoms with van der Waals surface area (Å²) in [4.78, 5) is 25.7. The van der Waals surface area contributed by atoms with Crippen LogP contribution in [0.25, 0.3) is 0 Å². The molecule has 0 fully saturated rings. The molecule has 0 aliphatic heterocycles. The van der Waals surface area contributed by atoms with E-state index in [-0.39, 0.29) is 18.2 Å². The minimum Gasteiger partial charge on any atom is -0.457 e. The molecular formula is C22H16O4. The third-order valence-corrected chi connectivity index (χ3v) is 4.47. The number of carbonyl (C=O) groups is 2. The Morgan fingerprint density at radius 1 is 0.731 bits per heavy atom. The number of ketones is 2. The summed E-state index contributed by atoms with van der Waals surface area (Å²) in [5.74, 6) is 0.561. The van der Waals surface area contributed by atoms with E-state index in [1.165, 1.54) is 0 Å². The van der Waals surface area contributed by atoms with Crippen LogP contribution in [0.1, 0.15) is 37.4 Å². The van der Waals surface area contributed by atoms with E-state index in [4.69, 9.17) is 9.84 Å². The van der Waals surface area contributed by atoms with Crippen LogP contribution in [-0.2, 0) is 6.42 Å². The lowest BCUT2D eigenvalue weighted by Crippen LogP contribution is -2.21. The van der Waals surface area contributed by atoms with Crippen molar-refractivity contribution >= 4 is 11.6 Å². The fourth-order valence-corrected chi connectivity index (χ4v) is 3.18. The molecule has 26 heavy (non-hydrogen) atoms. The first-order chi connectivity index (χ1) is 12.7. The fraction of sp³-hybridized carbons (Fsp3) is 0.0909. The van der Waals surface area contributed by atoms with Crippen molar-refractivity contribution in [1.29, 1.82) is 0 Å². The topological polar surface area (TPSA) is 63.6 Å². The molecule has 3 aromatic rings. The van der Waals surface area contributed by atoms with Crippen LogP contribution in [0.15, 0.2) is 66.7 Å². The average Bonchev–Trinajstić information content (AvgIpc) is 2.68. The Labute approximate surface area is 150 Å². The molecule has 1 aliphatic carbocycles. The molecule has 128 valence electrons. The second-order valence-electron chi connectivity index (χ2n) is 6.10. The van der Waals surface area contributed by atoms with E-state index >= 15 is 0 Å². The van der Waals surface area contributed by atoms with E-state index in [0.717, 1.165) is 5.56 Å². The number of carbonyl (C=O) groups excluding carboxylic acids is 2. The lowest BCUT2D eigenvalue weighted by atomic mass is 9.83. The number of aliphatic hydroxyl groups is 1. The first-order valence-electron chi connectivity index (χ1n) is 8.38. The summed E-state index contributed by atoms with van der Waals surface area (Å²) in [5.41, 5.74) is 2.49. The lowest BCUT2D eigenvalue weighted by Gasteiger charge is -2.20. The van der Waals surface area contributed by atoms with Crippen molar-refractivity contribution in [3.8, 4) is 11.5 Å². The van der Waals surface area contributed by atoms with Crippen molar-refractivity contribution in [2.45, 2.75) is 6.42 Å². The highest BCUT2D eigenvalue weighted by Gasteiger charge is 2.32. The van der Waals surface area contributed by atoms with E-state index in [2.05, 4.69) is 0 Å². The van der Waals surface area contributed by atoms with Gasteiger partial charge in [0.2, 0.25) is 0 Å². The summed E-state index contributed by atoms with van der Waals surface area (Å²) in [6.45, 7) is 0.0857. The second kappa shape index (κ2) is 6.58. The third-order valence-electron chi connectivity index (χ3n) is 4.47. The first-order valence-corrected chi connectivity index (χ1v) is 8.38. The molecule has 1 aliphatic rings. The zero-order valence-electron chi connectivity index (χ0n) is 13.9. The van der Waals surface area contributed by atoms with Gasteiger partial charge in [0, 0.05) is 23.3 Å². The maximum atomic E-state index is 12.9. The van der Waals surface area contributed by atoms with Gasteiger partial charge in [0.15, 0.2) is 11.6 Å². The van der Waals surface area contributed by atoms with Gasteiger partial charge in [-0.3, -0.25) is 9.59 Å². The van der Waals surface area contributed by atoms with Gasteiger partial charge in [-0.05, 0) is 30.2 Å². The molecule has 0 spiro atoms. The van der Waals surface area contributed by atoms with Gasteiger partial charge in [-0.25, -0.2) is 0 Å². The number of hydrogen-bond donors (Lipinski definition) is 1. The van der Waals surface area contributed by atoms with Crippen molar-refractivity contribution in [3.63, 3.8) is 0 Å². The highest BCUT2D eigenvalue weighted by atomic mass is 16.5. The van der Waals surface area contributed by atoms with Crippen molar-refractivity contribution in [2.24, 2.45) is 0 Å². The number of benzene rings is 3. The minimum atomic E-state index is -0.206. The fourth-order valence-electron chi connectivity index (χ4n) is 3.18. The van der Waals surface area contributed by atoms with Gasteiger partial charge in [0.05, 0.1) is 5.56 Å². The number of fused-ring (bicyclic) bond motifs is 2. The van der Waals surface area contributed by atoms with Crippen LogP contribution >= 0.6 is 0 Å². The molecule has 4 nitrogen and oxygen atoms in total. The molecule has 4 heteroatoms. The Bertz CT molecular complexity index is 1000. The standard InChI is InChI=1S/C22H16O4/c23-13-12-14-8-10-15(11-9-14)26-19-7-3-6-18-20(19)22(25)17-5-2-1-4-16(17)21(18)24/h1-11,23H,12-13H2. The van der Waals surface area contributed by atoms with Gasteiger partial charge in [-0.2, -0.15) is 0 Å². The van der Waals surface area contributed by atoms with E-state index < -0.39 is 0 Å². The van der Waals surface area contributed by atoms with Crippen LogP contribution in [0.3, 0.4) is 0 Å². The van der Waals surface area contributed by atoms with Crippen LogP contribution in [0.5, 0.6) is 11.5 Å². The van der Waals surface area contributed by atoms with Gasteiger partial charge in [0.25, 0.3) is 0 Å². The van der Waals surface area contributed by atoms with E-state index in [1.807, 2.05) is 12.1 Å². The van der Waals surface area contributed by atoms with E-state index in [9.17, 15) is 9.59 Å². The Kier molecular flexibility index (Phi) is 4.11. The molecule has 1 N–H and O–H groups in total. The van der Waals surface area contributed by atoms with Gasteiger partial charge in [0.1, 0.15) is 11.5 Å². The smallest absolute Gasteiger partial charge is 0.198 e. The largest absolute Gasteiger partial charge is 0.457 e. The van der Waals surface area contributed by atoms with Crippen LogP contribution in [-0.4, -0.2) is 23.3 Å². The molecule has 0 saturated carbocycles. The zero-order chi connectivity index (χ0) is 18.1. The molecule has 0 heterocycles. The predicted molar refractivity (Wildman–Crippen MR) is 97.1 cm³/mol. The van der Waals surface area contributed by atoms with Gasteiger partial charge < -0.3 is 9.84 Å². The van der Waals surface area contributed by atoms with Crippen molar-refractivity contribution in [1.82, 2.24) is 0 Å². The van der Waals surface area contributed by atoms with E-state index in [1.54, 1.807) is 54.6 Å². The number of rotatable bonds is 4.